The van der Waals surface area contributed by atoms with Crippen LogP contribution in [0.3, 0.4) is 0 Å². The number of aryl methyl sites for hydroxylation is 1. The molecular weight excluding hydrogens is 255 g/mol. The first kappa shape index (κ1) is 12.4. The van der Waals surface area contributed by atoms with E-state index in [1.807, 2.05) is 31.2 Å². The van der Waals surface area contributed by atoms with E-state index in [1.165, 1.54) is 0 Å². The van der Waals surface area contributed by atoms with Gasteiger partial charge in [-0.2, -0.15) is 0 Å². The molecule has 0 spiro atoms. The topological polar surface area (TPSA) is 20.2 Å². The standard InChI is InChI=1S/C14H12Cl2O/c1-9-5-11(8-13(16)6-9)14(17)10-3-2-4-12(15)7-10/h2-8,14,17H,1H3. The fraction of sp³-hybridized carbons (Fsp3) is 0.143. The Labute approximate surface area is 111 Å². The number of hydrogen-bond donors (Lipinski definition) is 1. The van der Waals surface area contributed by atoms with Crippen molar-refractivity contribution in [3.05, 3.63) is 69.2 Å². The largest absolute Gasteiger partial charge is 0.384 e. The highest BCUT2D eigenvalue weighted by atomic mass is 35.5. The summed E-state index contributed by atoms with van der Waals surface area (Å²) in [5.41, 5.74) is 2.56. The molecule has 17 heavy (non-hydrogen) atoms. The number of rotatable bonds is 2. The summed E-state index contributed by atoms with van der Waals surface area (Å²) < 4.78 is 0. The molecule has 2 rings (SSSR count). The van der Waals surface area contributed by atoms with Gasteiger partial charge in [0.25, 0.3) is 0 Å². The van der Waals surface area contributed by atoms with Gasteiger partial charge in [-0.1, -0.05) is 41.4 Å². The van der Waals surface area contributed by atoms with Crippen molar-refractivity contribution >= 4 is 23.2 Å². The van der Waals surface area contributed by atoms with E-state index in [0.29, 0.717) is 10.0 Å². The van der Waals surface area contributed by atoms with Gasteiger partial charge in [0.05, 0.1) is 0 Å². The van der Waals surface area contributed by atoms with Crippen molar-refractivity contribution in [1.82, 2.24) is 0 Å². The third kappa shape index (κ3) is 3.01. The van der Waals surface area contributed by atoms with Crippen LogP contribution < -0.4 is 0 Å². The van der Waals surface area contributed by atoms with Crippen molar-refractivity contribution in [2.24, 2.45) is 0 Å². The summed E-state index contributed by atoms with van der Waals surface area (Å²) in [6, 6.07) is 12.7. The fourth-order valence-corrected chi connectivity index (χ4v) is 2.29. The molecular formula is C14H12Cl2O. The zero-order valence-electron chi connectivity index (χ0n) is 9.32. The maximum atomic E-state index is 10.2. The predicted octanol–water partition coefficient (Wildman–Crippen LogP) is 4.38. The molecule has 0 saturated heterocycles. The van der Waals surface area contributed by atoms with Gasteiger partial charge in [-0.05, 0) is 47.9 Å². The highest BCUT2D eigenvalue weighted by Gasteiger charge is 2.11. The van der Waals surface area contributed by atoms with Crippen molar-refractivity contribution in [3.8, 4) is 0 Å². The Bertz CT molecular complexity index is 517. The van der Waals surface area contributed by atoms with Crippen LogP contribution in [0.5, 0.6) is 0 Å². The van der Waals surface area contributed by atoms with Crippen LogP contribution in [-0.2, 0) is 0 Å². The molecule has 0 aliphatic rings. The van der Waals surface area contributed by atoms with Gasteiger partial charge in [-0.3, -0.25) is 0 Å². The first-order valence-corrected chi connectivity index (χ1v) is 6.02. The number of aliphatic hydroxyl groups is 1. The summed E-state index contributed by atoms with van der Waals surface area (Å²) in [5, 5.41) is 11.5. The fourth-order valence-electron chi connectivity index (χ4n) is 1.79. The molecule has 0 fully saturated rings. The van der Waals surface area contributed by atoms with Gasteiger partial charge in [-0.25, -0.2) is 0 Å². The lowest BCUT2D eigenvalue weighted by atomic mass is 10.0. The smallest absolute Gasteiger partial charge is 0.104 e. The second kappa shape index (κ2) is 5.09. The maximum absolute atomic E-state index is 10.2. The lowest BCUT2D eigenvalue weighted by molar-refractivity contribution is 0.220. The Morgan fingerprint density at radius 3 is 2.29 bits per heavy atom. The van der Waals surface area contributed by atoms with Crippen LogP contribution in [0.1, 0.15) is 22.8 Å². The number of halogens is 2. The molecule has 0 aliphatic carbocycles. The summed E-state index contributed by atoms with van der Waals surface area (Å²) in [6.07, 6.45) is -0.703. The zero-order valence-corrected chi connectivity index (χ0v) is 10.8. The van der Waals surface area contributed by atoms with Crippen LogP contribution in [0.2, 0.25) is 10.0 Å². The van der Waals surface area contributed by atoms with Crippen LogP contribution in [0.25, 0.3) is 0 Å². The van der Waals surface area contributed by atoms with Crippen LogP contribution in [0, 0.1) is 6.92 Å². The van der Waals surface area contributed by atoms with Crippen LogP contribution in [0.4, 0.5) is 0 Å². The molecule has 2 aromatic rings. The molecule has 0 aromatic heterocycles. The summed E-state index contributed by atoms with van der Waals surface area (Å²) in [5.74, 6) is 0. The lowest BCUT2D eigenvalue weighted by Crippen LogP contribution is -2.00. The summed E-state index contributed by atoms with van der Waals surface area (Å²) in [6.45, 7) is 1.94. The molecule has 1 unspecified atom stereocenters. The average Bonchev–Trinajstić information content (AvgIpc) is 2.26. The van der Waals surface area contributed by atoms with Crippen molar-refractivity contribution in [3.63, 3.8) is 0 Å². The van der Waals surface area contributed by atoms with Crippen molar-refractivity contribution in [2.45, 2.75) is 13.0 Å². The van der Waals surface area contributed by atoms with Crippen LogP contribution >= 0.6 is 23.2 Å². The minimum Gasteiger partial charge on any atom is -0.384 e. The van der Waals surface area contributed by atoms with E-state index in [0.717, 1.165) is 16.7 Å². The lowest BCUT2D eigenvalue weighted by Gasteiger charge is -2.13. The van der Waals surface area contributed by atoms with E-state index in [1.54, 1.807) is 18.2 Å². The molecule has 88 valence electrons. The average molecular weight is 267 g/mol. The minimum atomic E-state index is -0.703. The van der Waals surface area contributed by atoms with Gasteiger partial charge < -0.3 is 5.11 Å². The Morgan fingerprint density at radius 1 is 0.941 bits per heavy atom. The molecule has 3 heteroatoms. The van der Waals surface area contributed by atoms with E-state index in [4.69, 9.17) is 23.2 Å². The summed E-state index contributed by atoms with van der Waals surface area (Å²) in [7, 11) is 0. The normalized spacial score (nSPS) is 12.5. The molecule has 0 heterocycles. The van der Waals surface area contributed by atoms with Gasteiger partial charge in [0.15, 0.2) is 0 Å². The van der Waals surface area contributed by atoms with Gasteiger partial charge in [-0.15, -0.1) is 0 Å². The van der Waals surface area contributed by atoms with E-state index in [-0.39, 0.29) is 0 Å². The molecule has 0 amide bonds. The minimum absolute atomic E-state index is 0.611. The van der Waals surface area contributed by atoms with Crippen molar-refractivity contribution in [2.75, 3.05) is 0 Å². The number of aliphatic hydroxyl groups excluding tert-OH is 1. The third-order valence-corrected chi connectivity index (χ3v) is 3.00. The predicted molar refractivity (Wildman–Crippen MR) is 71.7 cm³/mol. The molecule has 1 nitrogen and oxygen atoms in total. The Balaban J connectivity index is 2.39. The molecule has 2 aromatic carbocycles. The van der Waals surface area contributed by atoms with Crippen LogP contribution in [0.15, 0.2) is 42.5 Å². The monoisotopic (exact) mass is 266 g/mol. The van der Waals surface area contributed by atoms with Gasteiger partial charge in [0, 0.05) is 10.0 Å². The highest BCUT2D eigenvalue weighted by Crippen LogP contribution is 2.27. The Morgan fingerprint density at radius 2 is 1.65 bits per heavy atom. The first-order chi connectivity index (χ1) is 8.06. The quantitative estimate of drug-likeness (QED) is 0.855. The molecule has 0 radical (unpaired) electrons. The second-order valence-electron chi connectivity index (χ2n) is 4.02. The summed E-state index contributed by atoms with van der Waals surface area (Å²) in [4.78, 5) is 0. The molecule has 0 bridgehead atoms. The molecule has 0 aliphatic heterocycles. The van der Waals surface area contributed by atoms with Crippen molar-refractivity contribution < 1.29 is 5.11 Å². The molecule has 1 N–H and O–H groups in total. The number of hydrogen-bond acceptors (Lipinski definition) is 1. The molecule has 1 atom stereocenters. The second-order valence-corrected chi connectivity index (χ2v) is 4.89. The van der Waals surface area contributed by atoms with E-state index in [2.05, 4.69) is 0 Å². The molecule has 0 saturated carbocycles. The van der Waals surface area contributed by atoms with Crippen LogP contribution in [-0.4, -0.2) is 5.11 Å². The van der Waals surface area contributed by atoms with E-state index < -0.39 is 6.10 Å². The van der Waals surface area contributed by atoms with Gasteiger partial charge in [0.2, 0.25) is 0 Å². The first-order valence-electron chi connectivity index (χ1n) is 5.27. The maximum Gasteiger partial charge on any atom is 0.104 e. The van der Waals surface area contributed by atoms with Gasteiger partial charge in [0.1, 0.15) is 6.10 Å². The summed E-state index contributed by atoms with van der Waals surface area (Å²) >= 11 is 11.9. The number of benzene rings is 2. The highest BCUT2D eigenvalue weighted by molar-refractivity contribution is 6.31. The van der Waals surface area contributed by atoms with E-state index >= 15 is 0 Å². The van der Waals surface area contributed by atoms with Gasteiger partial charge >= 0.3 is 0 Å². The van der Waals surface area contributed by atoms with Crippen molar-refractivity contribution in [1.29, 1.82) is 0 Å². The third-order valence-electron chi connectivity index (χ3n) is 2.54. The Kier molecular flexibility index (Phi) is 3.72. The Hall–Kier alpha value is -1.02. The zero-order chi connectivity index (χ0) is 12.4. The van der Waals surface area contributed by atoms with E-state index in [9.17, 15) is 5.11 Å². The SMILES string of the molecule is Cc1cc(Cl)cc(C(O)c2cccc(Cl)c2)c1.